The van der Waals surface area contributed by atoms with E-state index in [2.05, 4.69) is 11.9 Å². The van der Waals surface area contributed by atoms with Crippen molar-refractivity contribution in [3.05, 3.63) is 35.6 Å². The third-order valence-electron chi connectivity index (χ3n) is 4.17. The lowest BCUT2D eigenvalue weighted by atomic mass is 10.1. The van der Waals surface area contributed by atoms with Gasteiger partial charge in [-0.3, -0.25) is 4.90 Å². The number of nitrogens with zero attached hydrogens (tertiary/aromatic N) is 1. The number of rotatable bonds is 4. The van der Waals surface area contributed by atoms with Crippen molar-refractivity contribution < 1.29 is 14.3 Å². The molecule has 0 bridgehead atoms. The first-order valence-electron chi connectivity index (χ1n) is 7.09. The molecule has 20 heavy (non-hydrogen) atoms. The van der Waals surface area contributed by atoms with E-state index in [-0.39, 0.29) is 5.76 Å². The highest BCUT2D eigenvalue weighted by Gasteiger charge is 2.19. The van der Waals surface area contributed by atoms with E-state index in [1.54, 1.807) is 6.07 Å². The summed E-state index contributed by atoms with van der Waals surface area (Å²) in [4.78, 5) is 13.3. The second-order valence-electron chi connectivity index (χ2n) is 5.64. The van der Waals surface area contributed by atoms with E-state index in [1.165, 1.54) is 31.2 Å². The van der Waals surface area contributed by atoms with Gasteiger partial charge in [0.1, 0.15) is 5.58 Å². The van der Waals surface area contributed by atoms with Crippen LogP contribution >= 0.6 is 0 Å². The molecule has 0 unspecified atom stereocenters. The minimum atomic E-state index is -1.02. The maximum atomic E-state index is 10.9. The van der Waals surface area contributed by atoms with Crippen molar-refractivity contribution in [1.29, 1.82) is 0 Å². The first-order chi connectivity index (χ1) is 9.63. The number of aromatic carboxylic acids is 1. The molecule has 1 saturated carbocycles. The minimum Gasteiger partial charge on any atom is -0.475 e. The lowest BCUT2D eigenvalue weighted by molar-refractivity contribution is 0.0665. The molecule has 0 spiro atoms. The van der Waals surface area contributed by atoms with E-state index in [1.807, 2.05) is 18.2 Å². The molecule has 1 N–H and O–H groups in total. The summed E-state index contributed by atoms with van der Waals surface area (Å²) in [6, 6.07) is 8.18. The van der Waals surface area contributed by atoms with Crippen molar-refractivity contribution >= 4 is 16.9 Å². The van der Waals surface area contributed by atoms with Gasteiger partial charge in [-0.15, -0.1) is 0 Å². The summed E-state index contributed by atoms with van der Waals surface area (Å²) in [6.45, 7) is 0.897. The number of fused-ring (bicyclic) bond motifs is 1. The molecule has 1 aromatic heterocycles. The summed E-state index contributed by atoms with van der Waals surface area (Å²) < 4.78 is 5.28. The molecule has 1 aliphatic carbocycles. The summed E-state index contributed by atoms with van der Waals surface area (Å²) >= 11 is 0. The molecule has 1 aliphatic rings. The van der Waals surface area contributed by atoms with Crippen molar-refractivity contribution in [2.24, 2.45) is 0 Å². The van der Waals surface area contributed by atoms with Gasteiger partial charge in [0.2, 0.25) is 5.76 Å². The molecule has 0 amide bonds. The fraction of sp³-hybridized carbons (Fsp3) is 0.438. The fourth-order valence-corrected chi connectivity index (χ4v) is 3.06. The highest BCUT2D eigenvalue weighted by molar-refractivity contribution is 5.91. The monoisotopic (exact) mass is 273 g/mol. The maximum absolute atomic E-state index is 10.9. The average Bonchev–Trinajstić information content (AvgIpc) is 3.07. The molecule has 1 aromatic carbocycles. The van der Waals surface area contributed by atoms with Gasteiger partial charge in [0.25, 0.3) is 0 Å². The Morgan fingerprint density at radius 1 is 1.35 bits per heavy atom. The standard InChI is InChI=1S/C16H19NO3/c1-17(13-4-2-3-5-13)10-11-6-7-14-12(8-11)9-15(20-14)16(18)19/h6-9,13H,2-5,10H2,1H3,(H,18,19). The Labute approximate surface area is 118 Å². The van der Waals surface area contributed by atoms with Gasteiger partial charge >= 0.3 is 5.97 Å². The van der Waals surface area contributed by atoms with Crippen molar-refractivity contribution in [2.45, 2.75) is 38.3 Å². The van der Waals surface area contributed by atoms with Crippen molar-refractivity contribution in [3.8, 4) is 0 Å². The van der Waals surface area contributed by atoms with E-state index in [0.717, 1.165) is 11.9 Å². The van der Waals surface area contributed by atoms with Crippen molar-refractivity contribution in [2.75, 3.05) is 7.05 Å². The smallest absolute Gasteiger partial charge is 0.371 e. The Balaban J connectivity index is 1.79. The second-order valence-corrected chi connectivity index (χ2v) is 5.64. The van der Waals surface area contributed by atoms with E-state index in [0.29, 0.717) is 11.6 Å². The van der Waals surface area contributed by atoms with Crippen LogP contribution in [0.15, 0.2) is 28.7 Å². The molecule has 4 nitrogen and oxygen atoms in total. The zero-order chi connectivity index (χ0) is 14.1. The van der Waals surface area contributed by atoms with Crippen molar-refractivity contribution in [3.63, 3.8) is 0 Å². The van der Waals surface area contributed by atoms with Gasteiger partial charge in [-0.1, -0.05) is 18.9 Å². The number of carboxylic acids is 1. The van der Waals surface area contributed by atoms with Gasteiger partial charge in [0.05, 0.1) is 0 Å². The number of furan rings is 1. The van der Waals surface area contributed by atoms with Crippen LogP contribution in [-0.4, -0.2) is 29.1 Å². The number of benzene rings is 1. The summed E-state index contributed by atoms with van der Waals surface area (Å²) in [5, 5.41) is 9.80. The highest BCUT2D eigenvalue weighted by atomic mass is 16.4. The molecule has 0 saturated heterocycles. The lowest BCUT2D eigenvalue weighted by Crippen LogP contribution is -2.28. The van der Waals surface area contributed by atoms with Gasteiger partial charge in [-0.2, -0.15) is 0 Å². The predicted molar refractivity (Wildman–Crippen MR) is 76.9 cm³/mol. The molecule has 1 fully saturated rings. The summed E-state index contributed by atoms with van der Waals surface area (Å²) in [7, 11) is 2.16. The van der Waals surface area contributed by atoms with Crippen LogP contribution in [0.25, 0.3) is 11.0 Å². The SMILES string of the molecule is CN(Cc1ccc2oc(C(=O)O)cc2c1)C1CCCC1. The molecule has 3 rings (SSSR count). The molecule has 0 aliphatic heterocycles. The first-order valence-corrected chi connectivity index (χ1v) is 7.09. The third kappa shape index (κ3) is 2.56. The number of hydrogen-bond acceptors (Lipinski definition) is 3. The Bertz CT molecular complexity index is 626. The van der Waals surface area contributed by atoms with Gasteiger partial charge < -0.3 is 9.52 Å². The first kappa shape index (κ1) is 13.2. The Hall–Kier alpha value is -1.81. The summed E-state index contributed by atoms with van der Waals surface area (Å²) in [6.07, 6.45) is 5.23. The van der Waals surface area contributed by atoms with Gasteiger partial charge in [-0.05, 0) is 43.7 Å². The Kier molecular flexibility index (Phi) is 3.49. The van der Waals surface area contributed by atoms with Crippen LogP contribution in [0.3, 0.4) is 0 Å². The molecule has 1 heterocycles. The van der Waals surface area contributed by atoms with E-state index >= 15 is 0 Å². The van der Waals surface area contributed by atoms with Crippen LogP contribution in [0.5, 0.6) is 0 Å². The zero-order valence-corrected chi connectivity index (χ0v) is 11.6. The molecule has 0 atom stereocenters. The van der Waals surface area contributed by atoms with Crippen LogP contribution in [0, 0.1) is 0 Å². The summed E-state index contributed by atoms with van der Waals surface area (Å²) in [5.74, 6) is -1.02. The van der Waals surface area contributed by atoms with Crippen LogP contribution in [-0.2, 0) is 6.54 Å². The van der Waals surface area contributed by atoms with Crippen LogP contribution in [0.2, 0.25) is 0 Å². The number of carboxylic acid groups (broad SMARTS) is 1. The van der Waals surface area contributed by atoms with Gasteiger partial charge in [0, 0.05) is 18.0 Å². The number of hydrogen-bond donors (Lipinski definition) is 1. The van der Waals surface area contributed by atoms with Gasteiger partial charge in [0.15, 0.2) is 0 Å². The molecule has 0 radical (unpaired) electrons. The molecule has 106 valence electrons. The zero-order valence-electron chi connectivity index (χ0n) is 11.6. The Morgan fingerprint density at radius 2 is 2.10 bits per heavy atom. The maximum Gasteiger partial charge on any atom is 0.371 e. The van der Waals surface area contributed by atoms with Crippen LogP contribution in [0.1, 0.15) is 41.8 Å². The van der Waals surface area contributed by atoms with Gasteiger partial charge in [-0.25, -0.2) is 4.79 Å². The fourth-order valence-electron chi connectivity index (χ4n) is 3.06. The highest BCUT2D eigenvalue weighted by Crippen LogP contribution is 2.25. The minimum absolute atomic E-state index is 0.00120. The lowest BCUT2D eigenvalue weighted by Gasteiger charge is -2.23. The summed E-state index contributed by atoms with van der Waals surface area (Å²) in [5.41, 5.74) is 1.83. The van der Waals surface area contributed by atoms with E-state index in [4.69, 9.17) is 9.52 Å². The molecule has 4 heteroatoms. The van der Waals surface area contributed by atoms with Crippen LogP contribution in [0.4, 0.5) is 0 Å². The predicted octanol–water partition coefficient (Wildman–Crippen LogP) is 3.51. The molecular formula is C16H19NO3. The topological polar surface area (TPSA) is 53.7 Å². The third-order valence-corrected chi connectivity index (χ3v) is 4.17. The number of carbonyl (C=O) groups is 1. The quantitative estimate of drug-likeness (QED) is 0.926. The van der Waals surface area contributed by atoms with E-state index < -0.39 is 5.97 Å². The second kappa shape index (κ2) is 5.29. The molecular weight excluding hydrogens is 254 g/mol. The normalized spacial score (nSPS) is 16.3. The largest absolute Gasteiger partial charge is 0.475 e. The van der Waals surface area contributed by atoms with Crippen molar-refractivity contribution in [1.82, 2.24) is 4.90 Å². The van der Waals surface area contributed by atoms with E-state index in [9.17, 15) is 4.79 Å². The molecule has 2 aromatic rings. The average molecular weight is 273 g/mol. The van der Waals surface area contributed by atoms with Crippen LogP contribution < -0.4 is 0 Å². The Morgan fingerprint density at radius 3 is 2.80 bits per heavy atom.